The van der Waals surface area contributed by atoms with Gasteiger partial charge in [-0.1, -0.05) is 12.1 Å². The van der Waals surface area contributed by atoms with Crippen molar-refractivity contribution >= 4 is 5.69 Å². The number of rotatable bonds is 1. The second-order valence-corrected chi connectivity index (χ2v) is 3.55. The molecule has 0 aliphatic carbocycles. The molecule has 1 aliphatic heterocycles. The molecule has 0 spiro atoms. The summed E-state index contributed by atoms with van der Waals surface area (Å²) in [6.07, 6.45) is 1.06. The molecule has 69 valence electrons. The SMILES string of the molecule is [CH2][C@@H]1CCN(c2ccccc2F)C1. The number of nitrogens with zero attached hydrogens (tertiary/aromatic N) is 1. The van der Waals surface area contributed by atoms with Crippen molar-refractivity contribution < 1.29 is 4.39 Å². The molecule has 2 rings (SSSR count). The highest BCUT2D eigenvalue weighted by Gasteiger charge is 2.20. The summed E-state index contributed by atoms with van der Waals surface area (Å²) in [7, 11) is 0. The minimum absolute atomic E-state index is 0.128. The summed E-state index contributed by atoms with van der Waals surface area (Å²) in [5.41, 5.74) is 0.716. The van der Waals surface area contributed by atoms with Crippen molar-refractivity contribution in [3.8, 4) is 0 Å². The van der Waals surface area contributed by atoms with E-state index in [0.717, 1.165) is 19.5 Å². The Bertz CT molecular complexity index is 298. The Morgan fingerprint density at radius 2 is 2.15 bits per heavy atom. The van der Waals surface area contributed by atoms with Gasteiger partial charge in [0.25, 0.3) is 0 Å². The zero-order chi connectivity index (χ0) is 9.26. The average molecular weight is 178 g/mol. The van der Waals surface area contributed by atoms with Crippen LogP contribution in [0, 0.1) is 18.7 Å². The van der Waals surface area contributed by atoms with Crippen LogP contribution in [0.5, 0.6) is 0 Å². The summed E-state index contributed by atoms with van der Waals surface area (Å²) in [6.45, 7) is 5.78. The zero-order valence-corrected chi connectivity index (χ0v) is 7.54. The lowest BCUT2D eigenvalue weighted by atomic mass is 10.2. The van der Waals surface area contributed by atoms with Crippen molar-refractivity contribution in [3.05, 3.63) is 37.0 Å². The molecule has 0 N–H and O–H groups in total. The second-order valence-electron chi connectivity index (χ2n) is 3.55. The molecule has 13 heavy (non-hydrogen) atoms. The molecule has 2 heteroatoms. The van der Waals surface area contributed by atoms with Gasteiger partial charge in [0.05, 0.1) is 5.69 Å². The van der Waals surface area contributed by atoms with Crippen LogP contribution >= 0.6 is 0 Å². The van der Waals surface area contributed by atoms with Crippen LogP contribution < -0.4 is 4.90 Å². The fourth-order valence-corrected chi connectivity index (χ4v) is 1.76. The van der Waals surface area contributed by atoms with Gasteiger partial charge in [0.1, 0.15) is 5.82 Å². The molecule has 1 aromatic rings. The third-order valence-electron chi connectivity index (χ3n) is 2.48. The van der Waals surface area contributed by atoms with Crippen LogP contribution in [-0.4, -0.2) is 13.1 Å². The maximum atomic E-state index is 13.3. The molecule has 1 fully saturated rings. The Morgan fingerprint density at radius 1 is 1.38 bits per heavy atom. The van der Waals surface area contributed by atoms with Gasteiger partial charge in [-0.2, -0.15) is 0 Å². The summed E-state index contributed by atoms with van der Waals surface area (Å²) in [5.74, 6) is 0.316. The molecule has 0 saturated carbocycles. The van der Waals surface area contributed by atoms with E-state index in [4.69, 9.17) is 0 Å². The van der Waals surface area contributed by atoms with Gasteiger partial charge in [-0.3, -0.25) is 0 Å². The lowest BCUT2D eigenvalue weighted by Crippen LogP contribution is -2.20. The standard InChI is InChI=1S/C11H13FN/c1-9-6-7-13(8-9)11-5-3-2-4-10(11)12/h2-5,9H,1,6-8H2/t9-/m1/s1. The summed E-state index contributed by atoms with van der Waals surface area (Å²) in [5, 5.41) is 0. The lowest BCUT2D eigenvalue weighted by molar-refractivity contribution is 0.622. The van der Waals surface area contributed by atoms with Gasteiger partial charge in [0.2, 0.25) is 0 Å². The Balaban J connectivity index is 2.21. The maximum Gasteiger partial charge on any atom is 0.146 e. The van der Waals surface area contributed by atoms with E-state index < -0.39 is 0 Å². The predicted octanol–water partition coefficient (Wildman–Crippen LogP) is 2.49. The van der Waals surface area contributed by atoms with Crippen LogP contribution in [-0.2, 0) is 0 Å². The van der Waals surface area contributed by atoms with Gasteiger partial charge < -0.3 is 4.90 Å². The van der Waals surface area contributed by atoms with E-state index in [0.29, 0.717) is 11.6 Å². The highest BCUT2D eigenvalue weighted by atomic mass is 19.1. The van der Waals surface area contributed by atoms with Gasteiger partial charge >= 0.3 is 0 Å². The van der Waals surface area contributed by atoms with Gasteiger partial charge in [0, 0.05) is 13.1 Å². The van der Waals surface area contributed by atoms with Crippen LogP contribution in [0.25, 0.3) is 0 Å². The smallest absolute Gasteiger partial charge is 0.146 e. The normalized spacial score (nSPS) is 22.3. The quantitative estimate of drug-likeness (QED) is 0.638. The molecule has 0 unspecified atom stereocenters. The molecule has 1 heterocycles. The van der Waals surface area contributed by atoms with E-state index in [2.05, 4.69) is 11.8 Å². The molecular formula is C11H13FN. The number of benzene rings is 1. The monoisotopic (exact) mass is 178 g/mol. The van der Waals surface area contributed by atoms with Gasteiger partial charge in [-0.05, 0) is 31.4 Å². The Morgan fingerprint density at radius 3 is 2.77 bits per heavy atom. The molecule has 1 nitrogen and oxygen atoms in total. The summed E-state index contributed by atoms with van der Waals surface area (Å²) in [4.78, 5) is 2.06. The van der Waals surface area contributed by atoms with Crippen LogP contribution in [0.2, 0.25) is 0 Å². The van der Waals surface area contributed by atoms with Gasteiger partial charge in [-0.25, -0.2) is 4.39 Å². The highest BCUT2D eigenvalue weighted by molar-refractivity contribution is 5.48. The van der Waals surface area contributed by atoms with Gasteiger partial charge in [-0.15, -0.1) is 0 Å². The molecular weight excluding hydrogens is 165 g/mol. The number of anilines is 1. The molecule has 1 aliphatic rings. The van der Waals surface area contributed by atoms with Gasteiger partial charge in [0.15, 0.2) is 0 Å². The highest BCUT2D eigenvalue weighted by Crippen LogP contribution is 2.25. The van der Waals surface area contributed by atoms with E-state index >= 15 is 0 Å². The number of halogens is 1. The van der Waals surface area contributed by atoms with E-state index in [1.165, 1.54) is 6.07 Å². The van der Waals surface area contributed by atoms with Crippen LogP contribution in [0.4, 0.5) is 10.1 Å². The number of hydrogen-bond donors (Lipinski definition) is 0. The molecule has 0 aromatic heterocycles. The van der Waals surface area contributed by atoms with E-state index in [1.807, 2.05) is 12.1 Å². The molecule has 0 amide bonds. The van der Waals surface area contributed by atoms with E-state index in [1.54, 1.807) is 6.07 Å². The summed E-state index contributed by atoms with van der Waals surface area (Å²) < 4.78 is 13.3. The number of hydrogen-bond acceptors (Lipinski definition) is 1. The van der Waals surface area contributed by atoms with Crippen molar-refractivity contribution in [1.82, 2.24) is 0 Å². The van der Waals surface area contributed by atoms with Crippen LogP contribution in [0.1, 0.15) is 6.42 Å². The van der Waals surface area contributed by atoms with E-state index in [9.17, 15) is 4.39 Å². The first-order chi connectivity index (χ1) is 6.27. The number of para-hydroxylation sites is 1. The minimum atomic E-state index is -0.128. The first kappa shape index (κ1) is 8.54. The first-order valence-electron chi connectivity index (χ1n) is 4.60. The van der Waals surface area contributed by atoms with Crippen molar-refractivity contribution in [2.75, 3.05) is 18.0 Å². The van der Waals surface area contributed by atoms with Crippen LogP contribution in [0.3, 0.4) is 0 Å². The third-order valence-corrected chi connectivity index (χ3v) is 2.48. The van der Waals surface area contributed by atoms with Crippen molar-refractivity contribution in [2.24, 2.45) is 5.92 Å². The molecule has 0 bridgehead atoms. The zero-order valence-electron chi connectivity index (χ0n) is 7.54. The Labute approximate surface area is 78.2 Å². The largest absolute Gasteiger partial charge is 0.369 e. The van der Waals surface area contributed by atoms with Crippen LogP contribution in [0.15, 0.2) is 24.3 Å². The first-order valence-corrected chi connectivity index (χ1v) is 4.60. The molecule has 1 saturated heterocycles. The summed E-state index contributed by atoms with van der Waals surface area (Å²) >= 11 is 0. The molecule has 1 atom stereocenters. The van der Waals surface area contributed by atoms with Crippen molar-refractivity contribution in [3.63, 3.8) is 0 Å². The van der Waals surface area contributed by atoms with Crippen molar-refractivity contribution in [1.29, 1.82) is 0 Å². The Kier molecular flexibility index (Phi) is 2.21. The summed E-state index contributed by atoms with van der Waals surface area (Å²) in [6, 6.07) is 6.92. The average Bonchev–Trinajstić information content (AvgIpc) is 2.53. The van der Waals surface area contributed by atoms with Crippen molar-refractivity contribution in [2.45, 2.75) is 6.42 Å². The minimum Gasteiger partial charge on any atom is -0.369 e. The van der Waals surface area contributed by atoms with E-state index in [-0.39, 0.29) is 5.82 Å². The maximum absolute atomic E-state index is 13.3. The topological polar surface area (TPSA) is 3.24 Å². The lowest BCUT2D eigenvalue weighted by Gasteiger charge is -2.18. The Hall–Kier alpha value is -1.05. The fraction of sp³-hybridized carbons (Fsp3) is 0.364. The fourth-order valence-electron chi connectivity index (χ4n) is 1.76. The predicted molar refractivity (Wildman–Crippen MR) is 52.1 cm³/mol. The molecule has 1 aromatic carbocycles. The second kappa shape index (κ2) is 3.36. The molecule has 1 radical (unpaired) electrons. The third kappa shape index (κ3) is 1.67.